The molecule has 0 radical (unpaired) electrons. The van der Waals surface area contributed by atoms with E-state index in [9.17, 15) is 0 Å². The average Bonchev–Trinajstić information content (AvgIpc) is 2.37. The third-order valence-electron chi connectivity index (χ3n) is 1.49. The first kappa shape index (κ1) is 6.75. The van der Waals surface area contributed by atoms with E-state index < -0.39 is 0 Å². The van der Waals surface area contributed by atoms with Crippen molar-refractivity contribution in [2.75, 3.05) is 0 Å². The first-order valence-corrected chi connectivity index (χ1v) is 4.12. The number of hydrogen-bond acceptors (Lipinski definition) is 2. The number of hydrogen-bond donors (Lipinski definition) is 0. The topological polar surface area (TPSA) is 12.9 Å². The van der Waals surface area contributed by atoms with Gasteiger partial charge in [0.1, 0.15) is 0 Å². The molecule has 0 aromatic carbocycles. The fourth-order valence-electron chi connectivity index (χ4n) is 0.652. The van der Waals surface area contributed by atoms with Crippen LogP contribution in [0.5, 0.6) is 0 Å². The number of rotatable bonds is 2. The zero-order chi connectivity index (χ0) is 6.69. The maximum absolute atomic E-state index is 4.21. The minimum Gasteiger partial charge on any atom is -0.249 e. The van der Waals surface area contributed by atoms with Crippen molar-refractivity contribution in [2.45, 2.75) is 26.2 Å². The van der Waals surface area contributed by atoms with Gasteiger partial charge in [-0.15, -0.1) is 11.3 Å². The molecule has 2 heteroatoms. The SMILES string of the molecule is CC[C@@H](C)c1nccs1. The molecule has 0 saturated carbocycles. The fraction of sp³-hybridized carbons (Fsp3) is 0.571. The van der Waals surface area contributed by atoms with Gasteiger partial charge in [-0.3, -0.25) is 0 Å². The highest BCUT2D eigenvalue weighted by Gasteiger charge is 2.02. The van der Waals surface area contributed by atoms with Crippen LogP contribution in [0.15, 0.2) is 11.6 Å². The van der Waals surface area contributed by atoms with Gasteiger partial charge in [-0.05, 0) is 6.42 Å². The van der Waals surface area contributed by atoms with Gasteiger partial charge >= 0.3 is 0 Å². The van der Waals surface area contributed by atoms with Gasteiger partial charge in [-0.25, -0.2) is 4.98 Å². The highest BCUT2D eigenvalue weighted by atomic mass is 32.1. The van der Waals surface area contributed by atoms with Crippen molar-refractivity contribution in [3.63, 3.8) is 0 Å². The van der Waals surface area contributed by atoms with Crippen molar-refractivity contribution in [1.29, 1.82) is 0 Å². The van der Waals surface area contributed by atoms with Crippen LogP contribution in [0.1, 0.15) is 31.2 Å². The second-order valence-corrected chi connectivity index (χ2v) is 3.11. The van der Waals surface area contributed by atoms with Crippen LogP contribution in [0, 0.1) is 0 Å². The van der Waals surface area contributed by atoms with Crippen molar-refractivity contribution < 1.29 is 0 Å². The normalized spacial score (nSPS) is 13.6. The Kier molecular flexibility index (Phi) is 2.22. The van der Waals surface area contributed by atoms with Gasteiger partial charge in [0, 0.05) is 17.5 Å². The zero-order valence-electron chi connectivity index (χ0n) is 5.79. The summed E-state index contributed by atoms with van der Waals surface area (Å²) in [7, 11) is 0. The van der Waals surface area contributed by atoms with Crippen molar-refractivity contribution in [1.82, 2.24) is 4.98 Å². The Morgan fingerprint density at radius 2 is 2.56 bits per heavy atom. The predicted octanol–water partition coefficient (Wildman–Crippen LogP) is 2.66. The number of aromatic nitrogens is 1. The van der Waals surface area contributed by atoms with Crippen LogP contribution in [0.3, 0.4) is 0 Å². The molecule has 0 amide bonds. The molecule has 0 bridgehead atoms. The number of thiazole rings is 1. The summed E-state index contributed by atoms with van der Waals surface area (Å²) >= 11 is 1.74. The Morgan fingerprint density at radius 3 is 3.00 bits per heavy atom. The van der Waals surface area contributed by atoms with Crippen LogP contribution < -0.4 is 0 Å². The summed E-state index contributed by atoms with van der Waals surface area (Å²) in [6.07, 6.45) is 3.06. The molecule has 1 nitrogen and oxygen atoms in total. The monoisotopic (exact) mass is 141 g/mol. The van der Waals surface area contributed by atoms with Crippen molar-refractivity contribution in [3.8, 4) is 0 Å². The van der Waals surface area contributed by atoms with E-state index in [0.717, 1.165) is 0 Å². The van der Waals surface area contributed by atoms with E-state index in [2.05, 4.69) is 18.8 Å². The highest BCUT2D eigenvalue weighted by Crippen LogP contribution is 2.19. The fourth-order valence-corrected chi connectivity index (χ4v) is 1.43. The first-order chi connectivity index (χ1) is 4.34. The molecule has 0 spiro atoms. The van der Waals surface area contributed by atoms with E-state index in [1.807, 2.05) is 11.6 Å². The minimum absolute atomic E-state index is 0.644. The summed E-state index contributed by atoms with van der Waals surface area (Å²) < 4.78 is 0. The van der Waals surface area contributed by atoms with E-state index in [4.69, 9.17) is 0 Å². The molecular formula is C7H11NS. The Morgan fingerprint density at radius 1 is 1.78 bits per heavy atom. The van der Waals surface area contributed by atoms with E-state index >= 15 is 0 Å². The summed E-state index contributed by atoms with van der Waals surface area (Å²) in [6, 6.07) is 0. The molecule has 1 aromatic rings. The Bertz CT molecular complexity index is 157. The van der Waals surface area contributed by atoms with Gasteiger partial charge in [-0.2, -0.15) is 0 Å². The third kappa shape index (κ3) is 1.52. The Hall–Kier alpha value is -0.370. The van der Waals surface area contributed by atoms with Gasteiger partial charge < -0.3 is 0 Å². The molecule has 0 saturated heterocycles. The molecular weight excluding hydrogens is 130 g/mol. The van der Waals surface area contributed by atoms with Crippen LogP contribution in [0.4, 0.5) is 0 Å². The molecule has 0 aliphatic carbocycles. The lowest BCUT2D eigenvalue weighted by Crippen LogP contribution is -1.87. The van der Waals surface area contributed by atoms with Crippen LogP contribution in [-0.4, -0.2) is 4.98 Å². The van der Waals surface area contributed by atoms with Gasteiger partial charge in [-0.1, -0.05) is 13.8 Å². The smallest absolute Gasteiger partial charge is 0.0952 e. The largest absolute Gasteiger partial charge is 0.249 e. The molecule has 1 atom stereocenters. The van der Waals surface area contributed by atoms with Gasteiger partial charge in [0.2, 0.25) is 0 Å². The molecule has 0 aliphatic heterocycles. The van der Waals surface area contributed by atoms with E-state index in [1.165, 1.54) is 11.4 Å². The van der Waals surface area contributed by atoms with Gasteiger partial charge in [0.15, 0.2) is 0 Å². The predicted molar refractivity (Wildman–Crippen MR) is 40.8 cm³/mol. The van der Waals surface area contributed by atoms with Crippen molar-refractivity contribution in [3.05, 3.63) is 16.6 Å². The lowest BCUT2D eigenvalue weighted by Gasteiger charge is -2.00. The van der Waals surface area contributed by atoms with Crippen molar-refractivity contribution >= 4 is 11.3 Å². The second-order valence-electron chi connectivity index (χ2n) is 2.18. The minimum atomic E-state index is 0.644. The van der Waals surface area contributed by atoms with Gasteiger partial charge in [0.25, 0.3) is 0 Å². The summed E-state index contributed by atoms with van der Waals surface area (Å²) in [4.78, 5) is 4.21. The summed E-state index contributed by atoms with van der Waals surface area (Å²) in [5, 5.41) is 3.29. The third-order valence-corrected chi connectivity index (χ3v) is 2.49. The molecule has 9 heavy (non-hydrogen) atoms. The maximum Gasteiger partial charge on any atom is 0.0952 e. The Labute approximate surface area is 59.8 Å². The van der Waals surface area contributed by atoms with Crippen LogP contribution in [0.25, 0.3) is 0 Å². The second kappa shape index (κ2) is 2.97. The summed E-state index contributed by atoms with van der Waals surface area (Å²) in [5.74, 6) is 0.644. The van der Waals surface area contributed by atoms with E-state index in [0.29, 0.717) is 5.92 Å². The lowest BCUT2D eigenvalue weighted by molar-refractivity contribution is 0.727. The standard InChI is InChI=1S/C7H11NS/c1-3-6(2)7-8-4-5-9-7/h4-6H,3H2,1-2H3/t6-/m1/s1. The summed E-state index contributed by atoms with van der Waals surface area (Å²) in [5.41, 5.74) is 0. The molecule has 0 unspecified atom stereocenters. The first-order valence-electron chi connectivity index (χ1n) is 3.24. The Balaban J connectivity index is 2.65. The molecule has 1 rings (SSSR count). The van der Waals surface area contributed by atoms with Crippen LogP contribution >= 0.6 is 11.3 Å². The molecule has 1 heterocycles. The number of nitrogens with zero attached hydrogens (tertiary/aromatic N) is 1. The van der Waals surface area contributed by atoms with Gasteiger partial charge in [0.05, 0.1) is 5.01 Å². The van der Waals surface area contributed by atoms with E-state index in [-0.39, 0.29) is 0 Å². The molecule has 0 aliphatic rings. The molecule has 0 N–H and O–H groups in total. The molecule has 1 aromatic heterocycles. The lowest BCUT2D eigenvalue weighted by atomic mass is 10.1. The summed E-state index contributed by atoms with van der Waals surface area (Å²) in [6.45, 7) is 4.39. The quantitative estimate of drug-likeness (QED) is 0.617. The zero-order valence-corrected chi connectivity index (χ0v) is 6.61. The highest BCUT2D eigenvalue weighted by molar-refractivity contribution is 7.09. The molecule has 0 fully saturated rings. The van der Waals surface area contributed by atoms with E-state index in [1.54, 1.807) is 11.3 Å². The maximum atomic E-state index is 4.21. The molecule has 50 valence electrons. The average molecular weight is 141 g/mol. The van der Waals surface area contributed by atoms with Crippen molar-refractivity contribution in [2.24, 2.45) is 0 Å². The van der Waals surface area contributed by atoms with Crippen LogP contribution in [-0.2, 0) is 0 Å². The van der Waals surface area contributed by atoms with Crippen LogP contribution in [0.2, 0.25) is 0 Å².